The van der Waals surface area contributed by atoms with Gasteiger partial charge in [0.1, 0.15) is 6.10 Å². The maximum atomic E-state index is 12.6. The molecule has 0 fully saturated rings. The van der Waals surface area contributed by atoms with Crippen molar-refractivity contribution < 1.29 is 28.0 Å². The van der Waals surface area contributed by atoms with Gasteiger partial charge in [-0.05, 0) is 32.1 Å². The summed E-state index contributed by atoms with van der Waals surface area (Å²) in [6, 6.07) is -1.24. The topological polar surface area (TPSA) is 124 Å². The van der Waals surface area contributed by atoms with Crippen molar-refractivity contribution in [1.29, 1.82) is 0 Å². The molecule has 0 saturated carbocycles. The molecule has 0 radical (unpaired) electrons. The van der Waals surface area contributed by atoms with Gasteiger partial charge in [-0.1, -0.05) is 212 Å². The zero-order valence-electron chi connectivity index (χ0n) is 33.4. The molecule has 302 valence electrons. The van der Waals surface area contributed by atoms with Gasteiger partial charge in [-0.2, -0.15) is 8.42 Å². The zero-order chi connectivity index (χ0) is 37.7. The van der Waals surface area contributed by atoms with E-state index >= 15 is 0 Å². The standard InChI is InChI=1S/C43H83NO6S/c1-3-5-7-9-11-13-15-17-18-19-20-21-22-23-24-26-27-29-31-33-35-37-41(45)40(39-51(48,49)50)44-43(47)42(46)38-36-34-32-30-28-25-16-14-12-10-8-6-4-2/h27,29,35,37,40-42,45-46H,3-26,28,30-34,36,38-39H2,1-2H3,(H,44,47)(H,48,49,50)/b29-27+,37-35+. The molecule has 0 aromatic rings. The highest BCUT2D eigenvalue weighted by Gasteiger charge is 2.27. The third-order valence-corrected chi connectivity index (χ3v) is 10.8. The second-order valence-corrected chi connectivity index (χ2v) is 16.6. The predicted octanol–water partition coefficient (Wildman–Crippen LogP) is 11.7. The zero-order valence-corrected chi connectivity index (χ0v) is 34.2. The van der Waals surface area contributed by atoms with Gasteiger partial charge in [0.15, 0.2) is 0 Å². The summed E-state index contributed by atoms with van der Waals surface area (Å²) in [5.41, 5.74) is 0. The van der Waals surface area contributed by atoms with Crippen LogP contribution in [0.5, 0.6) is 0 Å². The van der Waals surface area contributed by atoms with Crippen LogP contribution in [0, 0.1) is 0 Å². The Balaban J connectivity index is 4.02. The van der Waals surface area contributed by atoms with Crippen LogP contribution >= 0.6 is 0 Å². The van der Waals surface area contributed by atoms with E-state index < -0.39 is 40.0 Å². The Morgan fingerprint density at radius 3 is 1.29 bits per heavy atom. The number of nitrogens with one attached hydrogen (secondary N) is 1. The second kappa shape index (κ2) is 37.1. The first-order valence-electron chi connectivity index (χ1n) is 21.6. The largest absolute Gasteiger partial charge is 0.387 e. The Bertz CT molecular complexity index is 921. The Labute approximate surface area is 316 Å². The van der Waals surface area contributed by atoms with Gasteiger partial charge in [0.25, 0.3) is 10.1 Å². The number of hydrogen-bond donors (Lipinski definition) is 4. The molecule has 0 aromatic heterocycles. The third kappa shape index (κ3) is 36.9. The van der Waals surface area contributed by atoms with Crippen LogP contribution in [0.3, 0.4) is 0 Å². The number of amides is 1. The molecule has 3 atom stereocenters. The number of aliphatic hydroxyl groups is 2. The number of allylic oxidation sites excluding steroid dienone is 3. The quantitative estimate of drug-likeness (QED) is 0.0282. The van der Waals surface area contributed by atoms with E-state index in [9.17, 15) is 28.0 Å². The smallest absolute Gasteiger partial charge is 0.267 e. The minimum absolute atomic E-state index is 0.278. The fraction of sp³-hybridized carbons (Fsp3) is 0.884. The van der Waals surface area contributed by atoms with Crippen LogP contribution in [-0.2, 0) is 14.9 Å². The molecule has 8 heteroatoms. The van der Waals surface area contributed by atoms with Crippen molar-refractivity contribution in [2.45, 2.75) is 238 Å². The van der Waals surface area contributed by atoms with Crippen molar-refractivity contribution in [2.75, 3.05) is 5.75 Å². The number of carbonyl (C=O) groups excluding carboxylic acids is 1. The Morgan fingerprint density at radius 1 is 0.529 bits per heavy atom. The molecule has 0 aliphatic heterocycles. The number of unbranched alkanes of at least 4 members (excludes halogenated alkanes) is 28. The summed E-state index contributed by atoms with van der Waals surface area (Å²) in [6.45, 7) is 4.51. The van der Waals surface area contributed by atoms with E-state index in [1.54, 1.807) is 6.08 Å². The van der Waals surface area contributed by atoms with E-state index in [2.05, 4.69) is 31.3 Å². The van der Waals surface area contributed by atoms with E-state index in [-0.39, 0.29) is 6.42 Å². The summed E-state index contributed by atoms with van der Waals surface area (Å²) in [5, 5.41) is 23.4. The van der Waals surface area contributed by atoms with Crippen molar-refractivity contribution in [3.05, 3.63) is 24.3 Å². The van der Waals surface area contributed by atoms with Crippen LogP contribution < -0.4 is 5.32 Å². The summed E-state index contributed by atoms with van der Waals surface area (Å²) >= 11 is 0. The third-order valence-electron chi connectivity index (χ3n) is 9.99. The van der Waals surface area contributed by atoms with E-state index in [1.165, 1.54) is 160 Å². The van der Waals surface area contributed by atoms with Crippen LogP contribution in [0.4, 0.5) is 0 Å². The average molecular weight is 742 g/mol. The van der Waals surface area contributed by atoms with Crippen LogP contribution in [-0.4, -0.2) is 53.1 Å². The molecule has 0 bridgehead atoms. The summed E-state index contributed by atoms with van der Waals surface area (Å²) in [6.07, 6.45) is 43.8. The Kier molecular flexibility index (Phi) is 36.2. The summed E-state index contributed by atoms with van der Waals surface area (Å²) in [4.78, 5) is 12.6. The monoisotopic (exact) mass is 742 g/mol. The molecular weight excluding hydrogens is 659 g/mol. The van der Waals surface area contributed by atoms with Gasteiger partial charge < -0.3 is 15.5 Å². The van der Waals surface area contributed by atoms with E-state index in [1.807, 2.05) is 0 Å². The highest BCUT2D eigenvalue weighted by atomic mass is 32.2. The van der Waals surface area contributed by atoms with Crippen molar-refractivity contribution in [3.63, 3.8) is 0 Å². The van der Waals surface area contributed by atoms with E-state index in [0.717, 1.165) is 32.1 Å². The van der Waals surface area contributed by atoms with Crippen molar-refractivity contribution in [2.24, 2.45) is 0 Å². The highest BCUT2D eigenvalue weighted by molar-refractivity contribution is 7.85. The predicted molar refractivity (Wildman–Crippen MR) is 218 cm³/mol. The molecular formula is C43H83NO6S. The molecule has 4 N–H and O–H groups in total. The van der Waals surface area contributed by atoms with Crippen molar-refractivity contribution >= 4 is 16.0 Å². The van der Waals surface area contributed by atoms with Gasteiger partial charge in [0.05, 0.1) is 17.9 Å². The van der Waals surface area contributed by atoms with Crippen LogP contribution in [0.15, 0.2) is 24.3 Å². The van der Waals surface area contributed by atoms with Crippen LogP contribution in [0.1, 0.15) is 219 Å². The SMILES string of the molecule is CCCCCCCCCCCCCCCCC/C=C/CC/C=C/C(O)C(CS(=O)(=O)O)NC(=O)C(O)CCCCCCCCCCCCCCC. The van der Waals surface area contributed by atoms with Gasteiger partial charge in [-0.25, -0.2) is 0 Å². The van der Waals surface area contributed by atoms with Crippen molar-refractivity contribution in [3.8, 4) is 0 Å². The number of aliphatic hydroxyl groups excluding tert-OH is 2. The first-order valence-corrected chi connectivity index (χ1v) is 23.3. The molecule has 0 rings (SSSR count). The fourth-order valence-electron chi connectivity index (χ4n) is 6.65. The fourth-order valence-corrected chi connectivity index (χ4v) is 7.38. The molecule has 0 heterocycles. The highest BCUT2D eigenvalue weighted by Crippen LogP contribution is 2.15. The average Bonchev–Trinajstić information content (AvgIpc) is 3.09. The Morgan fingerprint density at radius 2 is 0.882 bits per heavy atom. The van der Waals surface area contributed by atoms with E-state index in [0.29, 0.717) is 12.8 Å². The summed E-state index contributed by atoms with van der Waals surface area (Å²) in [7, 11) is -4.45. The minimum Gasteiger partial charge on any atom is -0.387 e. The first-order chi connectivity index (χ1) is 24.7. The number of rotatable bonds is 39. The maximum absolute atomic E-state index is 12.6. The van der Waals surface area contributed by atoms with Crippen LogP contribution in [0.25, 0.3) is 0 Å². The van der Waals surface area contributed by atoms with Gasteiger partial charge in [-0.15, -0.1) is 0 Å². The lowest BCUT2D eigenvalue weighted by Gasteiger charge is -2.22. The lowest BCUT2D eigenvalue weighted by atomic mass is 10.0. The molecule has 0 spiro atoms. The molecule has 0 saturated heterocycles. The lowest BCUT2D eigenvalue weighted by molar-refractivity contribution is -0.130. The minimum atomic E-state index is -4.45. The van der Waals surface area contributed by atoms with Crippen LogP contribution in [0.2, 0.25) is 0 Å². The van der Waals surface area contributed by atoms with Gasteiger partial charge >= 0.3 is 0 Å². The molecule has 7 nitrogen and oxygen atoms in total. The first kappa shape index (κ1) is 49.8. The lowest BCUT2D eigenvalue weighted by Crippen LogP contribution is -2.50. The maximum Gasteiger partial charge on any atom is 0.267 e. The second-order valence-electron chi connectivity index (χ2n) is 15.1. The molecule has 0 aliphatic rings. The summed E-state index contributed by atoms with van der Waals surface area (Å²) < 4.78 is 32.5. The molecule has 3 unspecified atom stereocenters. The van der Waals surface area contributed by atoms with Gasteiger partial charge in [0, 0.05) is 0 Å². The number of hydrogen-bond acceptors (Lipinski definition) is 5. The summed E-state index contributed by atoms with van der Waals surface area (Å²) in [5.74, 6) is -1.55. The number of carbonyl (C=O) groups is 1. The van der Waals surface area contributed by atoms with Gasteiger partial charge in [-0.3, -0.25) is 9.35 Å². The Hall–Kier alpha value is -1.22. The van der Waals surface area contributed by atoms with Gasteiger partial charge in [0.2, 0.25) is 5.91 Å². The van der Waals surface area contributed by atoms with Crippen molar-refractivity contribution in [1.82, 2.24) is 5.32 Å². The normalized spacial score (nSPS) is 14.1. The molecule has 51 heavy (non-hydrogen) atoms. The molecule has 1 amide bonds. The molecule has 0 aromatic carbocycles. The van der Waals surface area contributed by atoms with E-state index in [4.69, 9.17) is 0 Å². The molecule has 0 aliphatic carbocycles.